The number of nitrogens with two attached hydrogens (primary N) is 1. The molecule has 0 aliphatic carbocycles. The second-order valence-electron chi connectivity index (χ2n) is 3.98. The van der Waals surface area contributed by atoms with Crippen molar-refractivity contribution in [2.24, 2.45) is 5.73 Å². The molecule has 3 heterocycles. The van der Waals surface area contributed by atoms with Crippen molar-refractivity contribution < 1.29 is 0 Å². The van der Waals surface area contributed by atoms with Crippen LogP contribution in [0.1, 0.15) is 5.56 Å². The molecule has 0 aromatic carbocycles. The van der Waals surface area contributed by atoms with Crippen molar-refractivity contribution in [1.29, 1.82) is 0 Å². The van der Waals surface area contributed by atoms with Crippen LogP contribution in [-0.2, 0) is 6.54 Å². The Morgan fingerprint density at radius 3 is 2.68 bits per heavy atom. The second-order valence-corrected chi connectivity index (χ2v) is 4.93. The maximum atomic E-state index is 5.76. The van der Waals surface area contributed by atoms with Crippen LogP contribution in [0, 0.1) is 0 Å². The number of hydrogen-bond acceptors (Lipinski definition) is 5. The SMILES string of the molecule is NCc1cnc(-c2ccncc2)nc1-c1cccs1. The van der Waals surface area contributed by atoms with Crippen molar-refractivity contribution in [1.82, 2.24) is 15.0 Å². The summed E-state index contributed by atoms with van der Waals surface area (Å²) in [6.45, 7) is 0.434. The predicted octanol–water partition coefficient (Wildman–Crippen LogP) is 2.73. The van der Waals surface area contributed by atoms with E-state index in [1.165, 1.54) is 0 Å². The molecule has 0 radical (unpaired) electrons. The molecule has 94 valence electrons. The van der Waals surface area contributed by atoms with E-state index in [0.717, 1.165) is 21.7 Å². The Kier molecular flexibility index (Phi) is 3.31. The van der Waals surface area contributed by atoms with Gasteiger partial charge in [0.2, 0.25) is 0 Å². The Morgan fingerprint density at radius 1 is 1.16 bits per heavy atom. The fourth-order valence-electron chi connectivity index (χ4n) is 1.82. The maximum absolute atomic E-state index is 5.76. The first kappa shape index (κ1) is 12.0. The van der Waals surface area contributed by atoms with Crippen molar-refractivity contribution in [3.63, 3.8) is 0 Å². The fraction of sp³-hybridized carbons (Fsp3) is 0.0714. The summed E-state index contributed by atoms with van der Waals surface area (Å²) in [6, 6.07) is 7.85. The van der Waals surface area contributed by atoms with Gasteiger partial charge in [0.25, 0.3) is 0 Å². The normalized spacial score (nSPS) is 10.6. The van der Waals surface area contributed by atoms with Gasteiger partial charge in [-0.1, -0.05) is 6.07 Å². The zero-order valence-electron chi connectivity index (χ0n) is 10.2. The first-order valence-electron chi connectivity index (χ1n) is 5.89. The van der Waals surface area contributed by atoms with E-state index in [9.17, 15) is 0 Å². The van der Waals surface area contributed by atoms with Crippen LogP contribution < -0.4 is 5.73 Å². The number of hydrogen-bond donors (Lipinski definition) is 1. The van der Waals surface area contributed by atoms with E-state index in [2.05, 4.69) is 15.0 Å². The molecule has 5 heteroatoms. The van der Waals surface area contributed by atoms with Crippen molar-refractivity contribution in [3.8, 4) is 22.0 Å². The van der Waals surface area contributed by atoms with Gasteiger partial charge in [0.05, 0.1) is 10.6 Å². The van der Waals surface area contributed by atoms with Crippen molar-refractivity contribution in [2.45, 2.75) is 6.54 Å². The molecule has 2 N–H and O–H groups in total. The molecular weight excluding hydrogens is 256 g/mol. The quantitative estimate of drug-likeness (QED) is 0.793. The molecule has 19 heavy (non-hydrogen) atoms. The highest BCUT2D eigenvalue weighted by Gasteiger charge is 2.10. The van der Waals surface area contributed by atoms with Gasteiger partial charge in [0, 0.05) is 36.3 Å². The van der Waals surface area contributed by atoms with Gasteiger partial charge in [-0.15, -0.1) is 11.3 Å². The minimum atomic E-state index is 0.434. The number of thiophene rings is 1. The monoisotopic (exact) mass is 268 g/mol. The van der Waals surface area contributed by atoms with Crippen LogP contribution in [0.25, 0.3) is 22.0 Å². The van der Waals surface area contributed by atoms with Gasteiger partial charge >= 0.3 is 0 Å². The third-order valence-corrected chi connectivity index (χ3v) is 3.65. The Balaban J connectivity index is 2.13. The molecule has 0 saturated heterocycles. The molecule has 0 spiro atoms. The zero-order valence-corrected chi connectivity index (χ0v) is 11.0. The summed E-state index contributed by atoms with van der Waals surface area (Å²) in [5, 5.41) is 2.03. The Labute approximate surface area is 115 Å². The molecule has 4 nitrogen and oxygen atoms in total. The van der Waals surface area contributed by atoms with Gasteiger partial charge in [-0.2, -0.15) is 0 Å². The summed E-state index contributed by atoms with van der Waals surface area (Å²) in [5.41, 5.74) is 8.59. The third-order valence-electron chi connectivity index (χ3n) is 2.78. The van der Waals surface area contributed by atoms with Crippen molar-refractivity contribution in [2.75, 3.05) is 0 Å². The lowest BCUT2D eigenvalue weighted by molar-refractivity contribution is 1.02. The molecule has 0 amide bonds. The molecule has 0 saturated carbocycles. The van der Waals surface area contributed by atoms with Crippen LogP contribution >= 0.6 is 11.3 Å². The Hall–Kier alpha value is -2.11. The van der Waals surface area contributed by atoms with E-state index in [4.69, 9.17) is 5.73 Å². The molecular formula is C14H12N4S. The smallest absolute Gasteiger partial charge is 0.159 e. The summed E-state index contributed by atoms with van der Waals surface area (Å²) >= 11 is 1.65. The third kappa shape index (κ3) is 2.38. The first-order chi connectivity index (χ1) is 9.38. The topological polar surface area (TPSA) is 64.7 Å². The van der Waals surface area contributed by atoms with Crippen LogP contribution in [0.2, 0.25) is 0 Å². The number of aromatic nitrogens is 3. The van der Waals surface area contributed by atoms with E-state index >= 15 is 0 Å². The zero-order chi connectivity index (χ0) is 13.1. The summed E-state index contributed by atoms with van der Waals surface area (Å²) in [5.74, 6) is 0.697. The van der Waals surface area contributed by atoms with Gasteiger partial charge in [-0.25, -0.2) is 9.97 Å². The second kappa shape index (κ2) is 5.26. The fourth-order valence-corrected chi connectivity index (χ4v) is 2.57. The average molecular weight is 268 g/mol. The number of pyridine rings is 1. The summed E-state index contributed by atoms with van der Waals surface area (Å²) in [6.07, 6.45) is 5.28. The summed E-state index contributed by atoms with van der Waals surface area (Å²) < 4.78 is 0. The largest absolute Gasteiger partial charge is 0.326 e. The van der Waals surface area contributed by atoms with Crippen LogP contribution in [0.3, 0.4) is 0 Å². The molecule has 0 aliphatic heterocycles. The van der Waals surface area contributed by atoms with Crippen LogP contribution in [-0.4, -0.2) is 15.0 Å². The van der Waals surface area contributed by atoms with E-state index in [1.807, 2.05) is 29.6 Å². The van der Waals surface area contributed by atoms with Crippen molar-refractivity contribution in [3.05, 3.63) is 53.8 Å². The molecule has 0 atom stereocenters. The van der Waals surface area contributed by atoms with E-state index in [0.29, 0.717) is 12.4 Å². The van der Waals surface area contributed by atoms with Crippen LogP contribution in [0.5, 0.6) is 0 Å². The molecule has 0 aliphatic rings. The van der Waals surface area contributed by atoms with Crippen LogP contribution in [0.15, 0.2) is 48.2 Å². The average Bonchev–Trinajstić information content (AvgIpc) is 3.01. The lowest BCUT2D eigenvalue weighted by Gasteiger charge is -2.07. The number of nitrogens with zero attached hydrogens (tertiary/aromatic N) is 3. The maximum Gasteiger partial charge on any atom is 0.159 e. The van der Waals surface area contributed by atoms with Crippen LogP contribution in [0.4, 0.5) is 0 Å². The highest BCUT2D eigenvalue weighted by atomic mass is 32.1. The highest BCUT2D eigenvalue weighted by molar-refractivity contribution is 7.13. The molecule has 0 unspecified atom stereocenters. The standard InChI is InChI=1S/C14H12N4S/c15-8-11-9-17-14(10-3-5-16-6-4-10)18-13(11)12-2-1-7-19-12/h1-7,9H,8,15H2. The van der Waals surface area contributed by atoms with Gasteiger partial charge < -0.3 is 5.73 Å². The molecule has 3 aromatic heterocycles. The molecule has 3 rings (SSSR count). The highest BCUT2D eigenvalue weighted by Crippen LogP contribution is 2.27. The predicted molar refractivity (Wildman–Crippen MR) is 76.5 cm³/mol. The minimum absolute atomic E-state index is 0.434. The Bertz CT molecular complexity index is 665. The lowest BCUT2D eigenvalue weighted by atomic mass is 10.2. The summed E-state index contributed by atoms with van der Waals surface area (Å²) in [7, 11) is 0. The van der Waals surface area contributed by atoms with E-state index in [-0.39, 0.29) is 0 Å². The van der Waals surface area contributed by atoms with Gasteiger partial charge in [-0.05, 0) is 23.6 Å². The first-order valence-corrected chi connectivity index (χ1v) is 6.76. The minimum Gasteiger partial charge on any atom is -0.326 e. The van der Waals surface area contributed by atoms with Crippen molar-refractivity contribution >= 4 is 11.3 Å². The van der Waals surface area contributed by atoms with E-state index in [1.54, 1.807) is 29.9 Å². The van der Waals surface area contributed by atoms with Gasteiger partial charge in [-0.3, -0.25) is 4.98 Å². The molecule has 3 aromatic rings. The molecule has 0 bridgehead atoms. The van der Waals surface area contributed by atoms with Gasteiger partial charge in [0.1, 0.15) is 0 Å². The van der Waals surface area contributed by atoms with Gasteiger partial charge in [0.15, 0.2) is 5.82 Å². The number of rotatable bonds is 3. The Morgan fingerprint density at radius 2 is 2.00 bits per heavy atom. The lowest BCUT2D eigenvalue weighted by Crippen LogP contribution is -2.03. The molecule has 0 fully saturated rings. The van der Waals surface area contributed by atoms with E-state index < -0.39 is 0 Å². The summed E-state index contributed by atoms with van der Waals surface area (Å²) in [4.78, 5) is 14.1.